The summed E-state index contributed by atoms with van der Waals surface area (Å²) in [5.41, 5.74) is 7.27. The molecule has 1 aromatic carbocycles. The fourth-order valence-electron chi connectivity index (χ4n) is 5.23. The number of rotatable bonds is 3. The van der Waals surface area contributed by atoms with E-state index in [4.69, 9.17) is 0 Å². The molecule has 5 nitrogen and oxygen atoms in total. The van der Waals surface area contributed by atoms with E-state index in [2.05, 4.69) is 75.9 Å². The van der Waals surface area contributed by atoms with E-state index in [1.165, 1.54) is 37.2 Å². The maximum absolute atomic E-state index is 4.54. The Balaban J connectivity index is 1.31. The Labute approximate surface area is 172 Å². The third-order valence-corrected chi connectivity index (χ3v) is 6.86. The van der Waals surface area contributed by atoms with Crippen molar-refractivity contribution in [2.24, 2.45) is 5.41 Å². The molecule has 2 fully saturated rings. The Bertz CT molecular complexity index is 1030. The van der Waals surface area contributed by atoms with Crippen LogP contribution in [0.25, 0.3) is 11.0 Å². The molecule has 2 atom stereocenters. The van der Waals surface area contributed by atoms with Crippen LogP contribution >= 0.6 is 0 Å². The molecule has 2 aromatic heterocycles. The predicted molar refractivity (Wildman–Crippen MR) is 117 cm³/mol. The van der Waals surface area contributed by atoms with Crippen LogP contribution in [0.5, 0.6) is 0 Å². The van der Waals surface area contributed by atoms with Gasteiger partial charge in [-0.2, -0.15) is 0 Å². The van der Waals surface area contributed by atoms with E-state index in [1.807, 2.05) is 0 Å². The number of fused-ring (bicyclic) bond motifs is 1. The van der Waals surface area contributed by atoms with E-state index >= 15 is 0 Å². The molecule has 4 heterocycles. The van der Waals surface area contributed by atoms with E-state index in [0.29, 0.717) is 11.5 Å². The van der Waals surface area contributed by atoms with Crippen LogP contribution in [0, 0.1) is 19.3 Å². The van der Waals surface area contributed by atoms with E-state index in [9.17, 15) is 0 Å². The van der Waals surface area contributed by atoms with E-state index in [1.54, 1.807) is 12.4 Å². The number of hydrogen-bond donors (Lipinski definition) is 0. The number of nitrogens with zero attached hydrogens (tertiary/aromatic N) is 5. The Morgan fingerprint density at radius 1 is 0.897 bits per heavy atom. The normalized spacial score (nSPS) is 23.3. The largest absolute Gasteiger partial charge is 0.371 e. The van der Waals surface area contributed by atoms with Crippen LogP contribution in [0.1, 0.15) is 42.8 Å². The van der Waals surface area contributed by atoms with Gasteiger partial charge in [0.05, 0.1) is 11.0 Å². The summed E-state index contributed by atoms with van der Waals surface area (Å²) < 4.78 is 0. The van der Waals surface area contributed by atoms with Gasteiger partial charge >= 0.3 is 0 Å². The van der Waals surface area contributed by atoms with Crippen molar-refractivity contribution < 1.29 is 0 Å². The van der Waals surface area contributed by atoms with Crippen molar-refractivity contribution in [1.29, 1.82) is 0 Å². The van der Waals surface area contributed by atoms with Gasteiger partial charge in [-0.1, -0.05) is 6.07 Å². The van der Waals surface area contributed by atoms with Crippen LogP contribution in [0.4, 0.5) is 5.69 Å². The third-order valence-electron chi connectivity index (χ3n) is 6.86. The van der Waals surface area contributed by atoms with Crippen molar-refractivity contribution in [3.63, 3.8) is 0 Å². The van der Waals surface area contributed by atoms with Gasteiger partial charge in [0.2, 0.25) is 0 Å². The van der Waals surface area contributed by atoms with Gasteiger partial charge < -0.3 is 4.90 Å². The number of pyridine rings is 1. The van der Waals surface area contributed by atoms with Crippen LogP contribution in [-0.4, -0.2) is 46.0 Å². The quantitative estimate of drug-likeness (QED) is 0.670. The zero-order valence-electron chi connectivity index (χ0n) is 17.6. The fraction of sp³-hybridized carbons (Fsp3) is 0.458. The lowest BCUT2D eigenvalue weighted by atomic mass is 9.86. The number of anilines is 1. The summed E-state index contributed by atoms with van der Waals surface area (Å²) in [4.78, 5) is 18.7. The van der Waals surface area contributed by atoms with Crippen LogP contribution in [0.15, 0.2) is 42.7 Å². The van der Waals surface area contributed by atoms with Gasteiger partial charge in [-0.25, -0.2) is 0 Å². The smallest absolute Gasteiger partial charge is 0.0890 e. The summed E-state index contributed by atoms with van der Waals surface area (Å²) in [5, 5.41) is 0. The van der Waals surface area contributed by atoms with Gasteiger partial charge in [-0.3, -0.25) is 19.9 Å². The molecule has 0 saturated carbocycles. The van der Waals surface area contributed by atoms with E-state index < -0.39 is 0 Å². The number of likely N-dealkylation sites (tertiary alicyclic amines) is 1. The molecule has 0 aliphatic carbocycles. The standard InChI is InChI=1S/C24H29N5/c1-17-12-21(13-18(2)27-17)29-11-7-24(16-29)6-10-28(15-24)19(3)20-4-5-22-23(14-20)26-9-8-25-22/h4-5,8-9,12-14,19H,6-7,10-11,15-16H2,1-3H3. The lowest BCUT2D eigenvalue weighted by Crippen LogP contribution is -2.32. The van der Waals surface area contributed by atoms with Crippen molar-refractivity contribution in [2.45, 2.75) is 39.7 Å². The van der Waals surface area contributed by atoms with Crippen LogP contribution in [-0.2, 0) is 0 Å². The summed E-state index contributed by atoms with van der Waals surface area (Å²) in [6.07, 6.45) is 6.09. The SMILES string of the molecule is Cc1cc(N2CCC3(CCN(C(C)c4ccc5nccnc5c4)C3)C2)cc(C)n1. The van der Waals surface area contributed by atoms with Gasteiger partial charge in [0, 0.05) is 60.6 Å². The second-order valence-corrected chi connectivity index (χ2v) is 8.98. The molecular formula is C24H29N5. The molecule has 0 amide bonds. The molecule has 2 unspecified atom stereocenters. The van der Waals surface area contributed by atoms with Crippen LogP contribution < -0.4 is 4.90 Å². The number of aromatic nitrogens is 3. The topological polar surface area (TPSA) is 45.2 Å². The second-order valence-electron chi connectivity index (χ2n) is 8.98. The highest BCUT2D eigenvalue weighted by molar-refractivity contribution is 5.74. The van der Waals surface area contributed by atoms with Crippen molar-refractivity contribution >= 4 is 16.7 Å². The second kappa shape index (κ2) is 7.06. The average Bonchev–Trinajstić information content (AvgIpc) is 3.33. The molecule has 3 aromatic rings. The maximum Gasteiger partial charge on any atom is 0.0890 e. The molecule has 2 aliphatic heterocycles. The zero-order chi connectivity index (χ0) is 20.0. The summed E-state index contributed by atoms with van der Waals surface area (Å²) in [5.74, 6) is 0. The first kappa shape index (κ1) is 18.5. The van der Waals surface area contributed by atoms with Crippen LogP contribution in [0.3, 0.4) is 0 Å². The molecule has 0 bridgehead atoms. The minimum absolute atomic E-state index is 0.403. The first-order valence-corrected chi connectivity index (χ1v) is 10.7. The monoisotopic (exact) mass is 387 g/mol. The first-order valence-electron chi connectivity index (χ1n) is 10.7. The van der Waals surface area contributed by atoms with Crippen LogP contribution in [0.2, 0.25) is 0 Å². The fourth-order valence-corrected chi connectivity index (χ4v) is 5.23. The Morgan fingerprint density at radius 3 is 2.41 bits per heavy atom. The molecule has 5 heteroatoms. The van der Waals surface area contributed by atoms with Gasteiger partial charge in [0.15, 0.2) is 0 Å². The molecule has 2 aliphatic rings. The van der Waals surface area contributed by atoms with Gasteiger partial charge in [0.25, 0.3) is 0 Å². The summed E-state index contributed by atoms with van der Waals surface area (Å²) >= 11 is 0. The van der Waals surface area contributed by atoms with Crippen molar-refractivity contribution in [1.82, 2.24) is 19.9 Å². The molecule has 2 saturated heterocycles. The minimum atomic E-state index is 0.403. The highest BCUT2D eigenvalue weighted by Gasteiger charge is 2.44. The highest BCUT2D eigenvalue weighted by Crippen LogP contribution is 2.43. The Kier molecular flexibility index (Phi) is 4.50. The third kappa shape index (κ3) is 3.48. The van der Waals surface area contributed by atoms with Crippen molar-refractivity contribution in [2.75, 3.05) is 31.1 Å². The molecule has 0 radical (unpaired) electrons. The average molecular weight is 388 g/mol. The van der Waals surface area contributed by atoms with Crippen molar-refractivity contribution in [3.05, 3.63) is 59.7 Å². The summed E-state index contributed by atoms with van der Waals surface area (Å²) in [7, 11) is 0. The minimum Gasteiger partial charge on any atom is -0.371 e. The van der Waals surface area contributed by atoms with E-state index in [0.717, 1.165) is 35.5 Å². The van der Waals surface area contributed by atoms with Gasteiger partial charge in [-0.15, -0.1) is 0 Å². The maximum atomic E-state index is 4.54. The molecule has 0 N–H and O–H groups in total. The molecule has 5 rings (SSSR count). The number of benzene rings is 1. The molecule has 150 valence electrons. The number of hydrogen-bond acceptors (Lipinski definition) is 5. The first-order chi connectivity index (χ1) is 14.0. The Morgan fingerprint density at radius 2 is 1.62 bits per heavy atom. The Hall–Kier alpha value is -2.53. The molecule has 29 heavy (non-hydrogen) atoms. The molecular weight excluding hydrogens is 358 g/mol. The zero-order valence-corrected chi connectivity index (χ0v) is 17.6. The lowest BCUT2D eigenvalue weighted by molar-refractivity contribution is 0.225. The highest BCUT2D eigenvalue weighted by atomic mass is 15.2. The van der Waals surface area contributed by atoms with Gasteiger partial charge in [-0.05, 0) is 70.0 Å². The van der Waals surface area contributed by atoms with Crippen molar-refractivity contribution in [3.8, 4) is 0 Å². The summed E-state index contributed by atoms with van der Waals surface area (Å²) in [6.45, 7) is 11.2. The number of aryl methyl sites for hydroxylation is 2. The predicted octanol–water partition coefficient (Wildman–Crippen LogP) is 4.31. The van der Waals surface area contributed by atoms with Gasteiger partial charge in [0.1, 0.15) is 0 Å². The lowest BCUT2D eigenvalue weighted by Gasteiger charge is -2.29. The summed E-state index contributed by atoms with van der Waals surface area (Å²) in [6, 6.07) is 11.4. The molecule has 1 spiro atoms. The van der Waals surface area contributed by atoms with E-state index in [-0.39, 0.29) is 0 Å².